The van der Waals surface area contributed by atoms with Gasteiger partial charge in [-0.3, -0.25) is 15.3 Å². The van der Waals surface area contributed by atoms with Gasteiger partial charge in [-0.15, -0.1) is 0 Å². The second-order valence-corrected chi connectivity index (χ2v) is 7.06. The number of ether oxygens (including phenoxy) is 2. The second-order valence-electron chi connectivity index (χ2n) is 7.06. The van der Waals surface area contributed by atoms with Crippen molar-refractivity contribution in [1.29, 1.82) is 0 Å². The van der Waals surface area contributed by atoms with Crippen LogP contribution in [0.4, 0.5) is 0 Å². The zero-order chi connectivity index (χ0) is 16.9. The predicted octanol–water partition coefficient (Wildman–Crippen LogP) is 4.03. The van der Waals surface area contributed by atoms with Crippen molar-refractivity contribution < 1.29 is 24.8 Å². The van der Waals surface area contributed by atoms with Crippen LogP contribution >= 0.6 is 0 Å². The average molecular weight is 316 g/mol. The number of carbonyl (C=O) groups is 1. The molecule has 22 heavy (non-hydrogen) atoms. The minimum Gasteiger partial charge on any atom is -0.436 e. The maximum Gasteiger partial charge on any atom is 0.311 e. The van der Waals surface area contributed by atoms with E-state index in [1.165, 1.54) is 12.8 Å². The minimum atomic E-state index is -0.425. The van der Waals surface area contributed by atoms with E-state index in [4.69, 9.17) is 20.0 Å². The first-order valence-electron chi connectivity index (χ1n) is 8.46. The molecular weight excluding hydrogens is 284 g/mol. The number of hydrogen-bond acceptors (Lipinski definition) is 5. The third kappa shape index (κ3) is 4.67. The summed E-state index contributed by atoms with van der Waals surface area (Å²) in [6, 6.07) is 0. The number of esters is 1. The van der Waals surface area contributed by atoms with Crippen LogP contribution in [-0.2, 0) is 14.3 Å². The third-order valence-electron chi connectivity index (χ3n) is 5.66. The van der Waals surface area contributed by atoms with Crippen molar-refractivity contribution in [2.45, 2.75) is 72.7 Å². The van der Waals surface area contributed by atoms with Gasteiger partial charge in [0, 0.05) is 0 Å². The number of cyclic esters (lactones) is 1. The van der Waals surface area contributed by atoms with Crippen molar-refractivity contribution in [2.75, 3.05) is 0 Å². The normalized spacial score (nSPS) is 43.2. The summed E-state index contributed by atoms with van der Waals surface area (Å²) in [6.45, 7) is 10.7. The molecule has 5 nitrogen and oxygen atoms in total. The quantitative estimate of drug-likeness (QED) is 0.401. The predicted molar refractivity (Wildman–Crippen MR) is 84.3 cm³/mol. The fourth-order valence-electron chi connectivity index (χ4n) is 4.32. The molecular formula is C17H32O5. The molecule has 1 saturated carbocycles. The molecule has 2 N–H and O–H groups in total. The fourth-order valence-corrected chi connectivity index (χ4v) is 4.32. The molecule has 0 aromatic carbocycles. The Morgan fingerprint density at radius 3 is 2.14 bits per heavy atom. The molecule has 1 heterocycles. The van der Waals surface area contributed by atoms with Crippen LogP contribution in [-0.4, -0.2) is 28.9 Å². The summed E-state index contributed by atoms with van der Waals surface area (Å²) in [6.07, 6.45) is 4.38. The molecule has 6 unspecified atom stereocenters. The maximum absolute atomic E-state index is 12.3. The van der Waals surface area contributed by atoms with Crippen molar-refractivity contribution in [1.82, 2.24) is 0 Å². The lowest BCUT2D eigenvalue weighted by atomic mass is 9.63. The van der Waals surface area contributed by atoms with Crippen molar-refractivity contribution in [3.05, 3.63) is 0 Å². The summed E-state index contributed by atoms with van der Waals surface area (Å²) in [4.78, 5) is 12.3. The van der Waals surface area contributed by atoms with Crippen molar-refractivity contribution >= 4 is 5.97 Å². The summed E-state index contributed by atoms with van der Waals surface area (Å²) in [5.41, 5.74) is 0. The molecule has 1 saturated heterocycles. The first-order valence-corrected chi connectivity index (χ1v) is 8.46. The Hall–Kier alpha value is -0.650. The summed E-state index contributed by atoms with van der Waals surface area (Å²) in [5, 5.41) is 12.0. The van der Waals surface area contributed by atoms with Gasteiger partial charge in [-0.05, 0) is 56.8 Å². The van der Waals surface area contributed by atoms with Crippen LogP contribution in [0, 0.1) is 29.6 Å². The maximum atomic E-state index is 12.3. The Labute approximate surface area is 133 Å². The fraction of sp³-hybridized carbons (Fsp3) is 0.941. The number of fused-ring (bicyclic) bond motifs is 2. The largest absolute Gasteiger partial charge is 0.436 e. The molecule has 7 atom stereocenters. The van der Waals surface area contributed by atoms with Crippen molar-refractivity contribution in [3.8, 4) is 0 Å². The van der Waals surface area contributed by atoms with E-state index in [0.29, 0.717) is 17.8 Å². The molecule has 2 rings (SSSR count). The molecule has 0 radical (unpaired) electrons. The Bertz CT molecular complexity index is 346. The van der Waals surface area contributed by atoms with Gasteiger partial charge < -0.3 is 9.47 Å². The van der Waals surface area contributed by atoms with Gasteiger partial charge in [-0.25, -0.2) is 0 Å². The highest BCUT2D eigenvalue weighted by Gasteiger charge is 2.40. The zero-order valence-corrected chi connectivity index (χ0v) is 14.5. The van der Waals surface area contributed by atoms with E-state index < -0.39 is 6.29 Å². The standard InChI is InChI=1S/C17H30O3.H2O2/c1-10-6-8-16-12(3)15(10)9-7-11(2)19-14(5)20-17(18)13(16)4;1-2/h10-16H,6-9H2,1-5H3;1-2H/t10-,11?,12?,13?,14?,15?,16?;/m1./s1. The Morgan fingerprint density at radius 1 is 0.909 bits per heavy atom. The molecule has 0 spiro atoms. The van der Waals surface area contributed by atoms with E-state index in [1.807, 2.05) is 13.8 Å². The molecule has 5 heteroatoms. The average Bonchev–Trinajstić information content (AvgIpc) is 2.48. The van der Waals surface area contributed by atoms with E-state index in [2.05, 4.69) is 20.8 Å². The SMILES string of the molecule is CC1CCC2C(C)C(CC[C@H]2C)C(C)C(=O)OC(C)O1.OO. The molecule has 2 bridgehead atoms. The molecule has 1 aliphatic carbocycles. The molecule has 1 aliphatic heterocycles. The summed E-state index contributed by atoms with van der Waals surface area (Å²) in [7, 11) is 0. The first-order chi connectivity index (χ1) is 10.4. The molecule has 130 valence electrons. The Kier molecular flexibility index (Phi) is 7.80. The minimum absolute atomic E-state index is 0.0144. The van der Waals surface area contributed by atoms with E-state index in [9.17, 15) is 4.79 Å². The van der Waals surface area contributed by atoms with Crippen LogP contribution in [0.25, 0.3) is 0 Å². The Morgan fingerprint density at radius 2 is 1.50 bits per heavy atom. The third-order valence-corrected chi connectivity index (χ3v) is 5.66. The highest BCUT2D eigenvalue weighted by atomic mass is 17.0. The van der Waals surface area contributed by atoms with Crippen molar-refractivity contribution in [3.63, 3.8) is 0 Å². The van der Waals surface area contributed by atoms with E-state index >= 15 is 0 Å². The second kappa shape index (κ2) is 8.85. The van der Waals surface area contributed by atoms with Gasteiger partial charge in [0.05, 0.1) is 12.0 Å². The van der Waals surface area contributed by atoms with Crippen molar-refractivity contribution in [2.24, 2.45) is 29.6 Å². The van der Waals surface area contributed by atoms with Crippen LogP contribution in [0.15, 0.2) is 0 Å². The van der Waals surface area contributed by atoms with E-state index in [-0.39, 0.29) is 18.0 Å². The van der Waals surface area contributed by atoms with E-state index in [1.54, 1.807) is 0 Å². The van der Waals surface area contributed by atoms with Crippen LogP contribution in [0.2, 0.25) is 0 Å². The lowest BCUT2D eigenvalue weighted by molar-refractivity contribution is -0.189. The van der Waals surface area contributed by atoms with Gasteiger partial charge in [-0.1, -0.05) is 27.2 Å². The molecule has 0 amide bonds. The van der Waals surface area contributed by atoms with Gasteiger partial charge in [0.2, 0.25) is 0 Å². The first kappa shape index (κ1) is 19.4. The van der Waals surface area contributed by atoms with Gasteiger partial charge in [0.15, 0.2) is 6.29 Å². The van der Waals surface area contributed by atoms with Gasteiger partial charge in [0.25, 0.3) is 0 Å². The highest BCUT2D eigenvalue weighted by molar-refractivity contribution is 5.72. The smallest absolute Gasteiger partial charge is 0.311 e. The van der Waals surface area contributed by atoms with Crippen LogP contribution in [0.1, 0.15) is 60.3 Å². The van der Waals surface area contributed by atoms with Crippen LogP contribution in [0.3, 0.4) is 0 Å². The topological polar surface area (TPSA) is 76.0 Å². The van der Waals surface area contributed by atoms with Gasteiger partial charge in [-0.2, -0.15) is 0 Å². The van der Waals surface area contributed by atoms with Gasteiger partial charge in [0.1, 0.15) is 0 Å². The lowest BCUT2D eigenvalue weighted by Gasteiger charge is -2.42. The molecule has 2 aliphatic rings. The summed E-state index contributed by atoms with van der Waals surface area (Å²) < 4.78 is 11.2. The molecule has 0 aromatic heterocycles. The summed E-state index contributed by atoms with van der Waals surface area (Å²) in [5.74, 6) is 2.43. The monoisotopic (exact) mass is 316 g/mol. The summed E-state index contributed by atoms with van der Waals surface area (Å²) >= 11 is 0. The Balaban J connectivity index is 0.00000116. The number of hydrogen-bond donors (Lipinski definition) is 2. The van der Waals surface area contributed by atoms with Gasteiger partial charge >= 0.3 is 5.97 Å². The molecule has 0 aromatic rings. The molecule has 2 fully saturated rings. The highest BCUT2D eigenvalue weighted by Crippen LogP contribution is 2.44. The van der Waals surface area contributed by atoms with Crippen LogP contribution < -0.4 is 0 Å². The zero-order valence-electron chi connectivity index (χ0n) is 14.5. The van der Waals surface area contributed by atoms with E-state index in [0.717, 1.165) is 18.8 Å². The van der Waals surface area contributed by atoms with Crippen LogP contribution in [0.5, 0.6) is 0 Å². The number of carbonyl (C=O) groups excluding carboxylic acids is 1. The lowest BCUT2D eigenvalue weighted by Crippen LogP contribution is -2.38. The number of rotatable bonds is 0.